The third-order valence-electron chi connectivity index (χ3n) is 2.42. The molecule has 2 aromatic rings. The molecule has 0 atom stereocenters. The summed E-state index contributed by atoms with van der Waals surface area (Å²) in [4.78, 5) is 26.1. The molecule has 0 aliphatic carbocycles. The number of carbonyl (C=O) groups is 2. The molecule has 1 aromatic carbocycles. The number of nitrogens with zero attached hydrogens (tertiary/aromatic N) is 1. The quantitative estimate of drug-likeness (QED) is 0.878. The monoisotopic (exact) mass is 290 g/mol. The highest BCUT2D eigenvalue weighted by atomic mass is 19.1. The topological polar surface area (TPSA) is 88.5 Å². The van der Waals surface area contributed by atoms with E-state index in [9.17, 15) is 14.0 Å². The van der Waals surface area contributed by atoms with Gasteiger partial charge in [0.05, 0.1) is 0 Å². The number of nitrogens with one attached hydrogen (secondary N) is 1. The fourth-order valence-electron chi connectivity index (χ4n) is 1.48. The van der Waals surface area contributed by atoms with E-state index in [2.05, 4.69) is 10.3 Å². The fraction of sp³-hybridized carbons (Fsp3) is 0.0714. The summed E-state index contributed by atoms with van der Waals surface area (Å²) < 4.78 is 17.8. The van der Waals surface area contributed by atoms with Crippen LogP contribution in [-0.2, 0) is 4.79 Å². The largest absolute Gasteiger partial charge is 0.484 e. The molecule has 108 valence electrons. The van der Waals surface area contributed by atoms with Gasteiger partial charge in [0.2, 0.25) is 0 Å². The summed E-state index contributed by atoms with van der Waals surface area (Å²) in [5.74, 6) is -1.63. The third kappa shape index (κ3) is 4.27. The first kappa shape index (κ1) is 14.4. The summed E-state index contributed by atoms with van der Waals surface area (Å²) >= 11 is 0. The maximum atomic E-state index is 12.7. The maximum Gasteiger partial charge on any atom is 0.354 e. The van der Waals surface area contributed by atoms with Crippen LogP contribution in [0.25, 0.3) is 0 Å². The van der Waals surface area contributed by atoms with Gasteiger partial charge < -0.3 is 15.2 Å². The number of aromatic nitrogens is 1. The average molecular weight is 290 g/mol. The zero-order chi connectivity index (χ0) is 15.2. The van der Waals surface area contributed by atoms with Crippen LogP contribution in [0.5, 0.6) is 5.75 Å². The zero-order valence-electron chi connectivity index (χ0n) is 10.7. The van der Waals surface area contributed by atoms with Crippen molar-refractivity contribution in [2.45, 2.75) is 0 Å². The summed E-state index contributed by atoms with van der Waals surface area (Å²) in [5.41, 5.74) is -0.174. The van der Waals surface area contributed by atoms with Crippen molar-refractivity contribution in [2.75, 3.05) is 11.9 Å². The van der Waals surface area contributed by atoms with Crippen LogP contribution in [0.15, 0.2) is 42.5 Å². The molecule has 2 N–H and O–H groups in total. The lowest BCUT2D eigenvalue weighted by molar-refractivity contribution is -0.118. The molecular weight excluding hydrogens is 279 g/mol. The Balaban J connectivity index is 1.91. The summed E-state index contributed by atoms with van der Waals surface area (Å²) in [6.07, 6.45) is 0. The Morgan fingerprint density at radius 3 is 2.57 bits per heavy atom. The lowest BCUT2D eigenvalue weighted by Crippen LogP contribution is -2.21. The van der Waals surface area contributed by atoms with Gasteiger partial charge in [-0.05, 0) is 36.4 Å². The number of halogens is 1. The molecule has 21 heavy (non-hydrogen) atoms. The van der Waals surface area contributed by atoms with E-state index in [0.717, 1.165) is 0 Å². The lowest BCUT2D eigenvalue weighted by Gasteiger charge is -2.07. The normalized spacial score (nSPS) is 9.95. The minimum absolute atomic E-state index is 0.114. The van der Waals surface area contributed by atoms with E-state index in [1.165, 1.54) is 42.5 Å². The molecule has 0 aliphatic heterocycles. The first-order valence-electron chi connectivity index (χ1n) is 5.93. The van der Waals surface area contributed by atoms with Gasteiger partial charge in [0.15, 0.2) is 12.3 Å². The Bertz CT molecular complexity index is 658. The van der Waals surface area contributed by atoms with E-state index in [1.807, 2.05) is 0 Å². The molecular formula is C14H11FN2O4. The lowest BCUT2D eigenvalue weighted by atomic mass is 10.3. The van der Waals surface area contributed by atoms with Crippen molar-refractivity contribution in [2.24, 2.45) is 0 Å². The number of carboxylic acids is 1. The zero-order valence-corrected chi connectivity index (χ0v) is 10.7. The number of carbonyl (C=O) groups excluding carboxylic acids is 1. The van der Waals surface area contributed by atoms with Crippen LogP contribution in [0.3, 0.4) is 0 Å². The van der Waals surface area contributed by atoms with Gasteiger partial charge >= 0.3 is 5.97 Å². The van der Waals surface area contributed by atoms with Crippen molar-refractivity contribution < 1.29 is 23.8 Å². The molecule has 1 amide bonds. The van der Waals surface area contributed by atoms with Gasteiger partial charge in [0.1, 0.15) is 17.4 Å². The van der Waals surface area contributed by atoms with E-state index in [0.29, 0.717) is 5.75 Å². The van der Waals surface area contributed by atoms with E-state index < -0.39 is 17.7 Å². The summed E-state index contributed by atoms with van der Waals surface area (Å²) in [5, 5.41) is 11.2. The first-order valence-corrected chi connectivity index (χ1v) is 5.93. The number of anilines is 1. The van der Waals surface area contributed by atoms with Gasteiger partial charge in [0, 0.05) is 0 Å². The van der Waals surface area contributed by atoms with Crippen molar-refractivity contribution in [1.29, 1.82) is 0 Å². The highest BCUT2D eigenvalue weighted by Crippen LogP contribution is 2.11. The number of ether oxygens (including phenoxy) is 1. The van der Waals surface area contributed by atoms with Crippen LogP contribution >= 0.6 is 0 Å². The van der Waals surface area contributed by atoms with Gasteiger partial charge in [-0.2, -0.15) is 0 Å². The molecule has 0 radical (unpaired) electrons. The molecule has 0 saturated carbocycles. The third-order valence-corrected chi connectivity index (χ3v) is 2.42. The Hall–Kier alpha value is -2.96. The predicted octanol–water partition coefficient (Wildman–Crippen LogP) is 1.94. The van der Waals surface area contributed by atoms with Crippen molar-refractivity contribution in [3.05, 3.63) is 54.0 Å². The summed E-state index contributed by atoms with van der Waals surface area (Å²) in [7, 11) is 0. The first-order chi connectivity index (χ1) is 10.0. The minimum atomic E-state index is -1.19. The second kappa shape index (κ2) is 6.47. The Kier molecular flexibility index (Phi) is 4.45. The van der Waals surface area contributed by atoms with Gasteiger partial charge in [-0.25, -0.2) is 14.2 Å². The van der Waals surface area contributed by atoms with Crippen LogP contribution in [-0.4, -0.2) is 28.6 Å². The molecule has 0 unspecified atom stereocenters. The fourth-order valence-corrected chi connectivity index (χ4v) is 1.48. The Labute approximate surface area is 119 Å². The highest BCUT2D eigenvalue weighted by Gasteiger charge is 2.08. The number of pyridine rings is 1. The van der Waals surface area contributed by atoms with Crippen LogP contribution < -0.4 is 10.1 Å². The number of carboxylic acid groups (broad SMARTS) is 1. The van der Waals surface area contributed by atoms with E-state index in [1.54, 1.807) is 0 Å². The Morgan fingerprint density at radius 1 is 1.19 bits per heavy atom. The molecule has 0 spiro atoms. The van der Waals surface area contributed by atoms with Gasteiger partial charge in [-0.15, -0.1) is 0 Å². The standard InChI is InChI=1S/C14H11FN2O4/c15-9-4-6-10(7-5-9)21-8-13(18)17-12-3-1-2-11(16-12)14(19)20/h1-7H,8H2,(H,19,20)(H,16,17,18). The number of aromatic carboxylic acids is 1. The van der Waals surface area contributed by atoms with Gasteiger partial charge in [0.25, 0.3) is 5.91 Å². The molecule has 0 saturated heterocycles. The van der Waals surface area contributed by atoms with E-state index in [-0.39, 0.29) is 18.1 Å². The van der Waals surface area contributed by atoms with Crippen LogP contribution in [0, 0.1) is 5.82 Å². The highest BCUT2D eigenvalue weighted by molar-refractivity contribution is 5.92. The molecule has 7 heteroatoms. The van der Waals surface area contributed by atoms with Crippen LogP contribution in [0.4, 0.5) is 10.2 Å². The number of rotatable bonds is 5. The van der Waals surface area contributed by atoms with E-state index in [4.69, 9.17) is 9.84 Å². The maximum absolute atomic E-state index is 12.7. The molecule has 6 nitrogen and oxygen atoms in total. The van der Waals surface area contributed by atoms with Crippen LogP contribution in [0.1, 0.15) is 10.5 Å². The number of hydrogen-bond donors (Lipinski definition) is 2. The summed E-state index contributed by atoms with van der Waals surface area (Å²) in [6, 6.07) is 9.45. The molecule has 1 aromatic heterocycles. The second-order valence-electron chi connectivity index (χ2n) is 4.00. The molecule has 2 rings (SSSR count). The van der Waals surface area contributed by atoms with Crippen LogP contribution in [0.2, 0.25) is 0 Å². The number of hydrogen-bond acceptors (Lipinski definition) is 4. The van der Waals surface area contributed by atoms with Crippen molar-refractivity contribution in [1.82, 2.24) is 4.98 Å². The second-order valence-corrected chi connectivity index (χ2v) is 4.00. The molecule has 0 bridgehead atoms. The predicted molar refractivity (Wildman–Crippen MR) is 71.7 cm³/mol. The average Bonchev–Trinajstić information content (AvgIpc) is 2.47. The van der Waals surface area contributed by atoms with E-state index >= 15 is 0 Å². The molecule has 1 heterocycles. The number of amides is 1. The van der Waals surface area contributed by atoms with Crippen molar-refractivity contribution >= 4 is 17.7 Å². The van der Waals surface area contributed by atoms with Gasteiger partial charge in [-0.3, -0.25) is 4.79 Å². The summed E-state index contributed by atoms with van der Waals surface area (Å²) in [6.45, 7) is -0.301. The molecule has 0 aliphatic rings. The molecule has 0 fully saturated rings. The van der Waals surface area contributed by atoms with Gasteiger partial charge in [-0.1, -0.05) is 6.07 Å². The smallest absolute Gasteiger partial charge is 0.354 e. The SMILES string of the molecule is O=C(COc1ccc(F)cc1)Nc1cccc(C(=O)O)n1. The van der Waals surface area contributed by atoms with Crippen molar-refractivity contribution in [3.8, 4) is 5.75 Å². The van der Waals surface area contributed by atoms with Crippen molar-refractivity contribution in [3.63, 3.8) is 0 Å². The minimum Gasteiger partial charge on any atom is -0.484 e. The Morgan fingerprint density at radius 2 is 1.90 bits per heavy atom. The number of benzene rings is 1.